The Morgan fingerprint density at radius 2 is 1.80 bits per heavy atom. The third kappa shape index (κ3) is 3.16. The van der Waals surface area contributed by atoms with Gasteiger partial charge in [-0.15, -0.1) is 0 Å². The van der Waals surface area contributed by atoms with Crippen molar-refractivity contribution in [3.63, 3.8) is 0 Å². The van der Waals surface area contributed by atoms with E-state index >= 15 is 0 Å². The van der Waals surface area contributed by atoms with Gasteiger partial charge >= 0.3 is 0 Å². The van der Waals surface area contributed by atoms with E-state index in [9.17, 15) is 4.79 Å². The van der Waals surface area contributed by atoms with Gasteiger partial charge in [-0.1, -0.05) is 59.6 Å². The lowest BCUT2D eigenvalue weighted by Crippen LogP contribution is -2.29. The van der Waals surface area contributed by atoms with E-state index in [-0.39, 0.29) is 11.9 Å². The Balaban J connectivity index is 1.67. The first-order valence-corrected chi connectivity index (χ1v) is 10.2. The molecule has 0 radical (unpaired) electrons. The van der Waals surface area contributed by atoms with Crippen molar-refractivity contribution in [1.29, 1.82) is 0 Å². The van der Waals surface area contributed by atoms with Gasteiger partial charge in [-0.25, -0.2) is 0 Å². The summed E-state index contributed by atoms with van der Waals surface area (Å²) in [5.74, 6) is -0.119. The summed E-state index contributed by atoms with van der Waals surface area (Å²) in [5, 5.41) is 8.66. The molecule has 0 saturated heterocycles. The van der Waals surface area contributed by atoms with Crippen LogP contribution < -0.4 is 0 Å². The standard InChI is InChI=1S/C23H16Cl2N4O/c24-16-9-7-15(8-10-16)20-19-21(28-27-20)23(30)29(13-14-4-3-11-26-12-14)22(19)17-5-1-2-6-18(17)25/h1-12,22H,13H2,(H,27,28). The molecule has 1 N–H and O–H groups in total. The molecule has 1 atom stereocenters. The molecule has 0 fully saturated rings. The summed E-state index contributed by atoms with van der Waals surface area (Å²) in [6, 6.07) is 18.5. The van der Waals surface area contributed by atoms with E-state index in [1.807, 2.05) is 60.7 Å². The van der Waals surface area contributed by atoms with Crippen LogP contribution in [0.2, 0.25) is 10.0 Å². The summed E-state index contributed by atoms with van der Waals surface area (Å²) in [7, 11) is 0. The highest BCUT2D eigenvalue weighted by Crippen LogP contribution is 2.45. The van der Waals surface area contributed by atoms with E-state index in [1.54, 1.807) is 17.3 Å². The van der Waals surface area contributed by atoms with Crippen LogP contribution in [0.15, 0.2) is 73.1 Å². The van der Waals surface area contributed by atoms with Crippen molar-refractivity contribution in [3.05, 3.63) is 105 Å². The second kappa shape index (κ2) is 7.59. The number of carbonyl (C=O) groups is 1. The van der Waals surface area contributed by atoms with Gasteiger partial charge in [0.25, 0.3) is 5.91 Å². The fraction of sp³-hybridized carbons (Fsp3) is 0.0870. The Hall–Kier alpha value is -3.15. The summed E-state index contributed by atoms with van der Waals surface area (Å²) in [6.45, 7) is 0.408. The van der Waals surface area contributed by atoms with Crippen molar-refractivity contribution >= 4 is 29.1 Å². The van der Waals surface area contributed by atoms with Crippen LogP contribution in [-0.4, -0.2) is 26.0 Å². The quantitative estimate of drug-likeness (QED) is 0.459. The van der Waals surface area contributed by atoms with Crippen LogP contribution in [0.25, 0.3) is 11.3 Å². The number of benzene rings is 2. The van der Waals surface area contributed by atoms with Gasteiger partial charge < -0.3 is 4.90 Å². The minimum Gasteiger partial charge on any atom is -0.322 e. The lowest BCUT2D eigenvalue weighted by Gasteiger charge is -2.27. The summed E-state index contributed by atoms with van der Waals surface area (Å²) >= 11 is 12.6. The zero-order valence-corrected chi connectivity index (χ0v) is 17.2. The fourth-order valence-electron chi connectivity index (χ4n) is 3.90. The number of hydrogen-bond donors (Lipinski definition) is 1. The van der Waals surface area contributed by atoms with E-state index in [4.69, 9.17) is 23.2 Å². The Labute approximate surface area is 183 Å². The van der Waals surface area contributed by atoms with Crippen molar-refractivity contribution < 1.29 is 4.79 Å². The second-order valence-corrected chi connectivity index (χ2v) is 7.93. The van der Waals surface area contributed by atoms with Gasteiger partial charge in [-0.3, -0.25) is 14.9 Å². The third-order valence-corrected chi connectivity index (χ3v) is 5.85. The highest BCUT2D eigenvalue weighted by Gasteiger charge is 2.42. The number of nitrogens with one attached hydrogen (secondary N) is 1. The number of carbonyl (C=O) groups excluding carboxylic acids is 1. The zero-order valence-electron chi connectivity index (χ0n) is 15.7. The van der Waals surface area contributed by atoms with Crippen LogP contribution in [0.5, 0.6) is 0 Å². The summed E-state index contributed by atoms with van der Waals surface area (Å²) in [6.07, 6.45) is 3.48. The molecule has 0 aliphatic carbocycles. The van der Waals surface area contributed by atoms with Crippen LogP contribution in [0.3, 0.4) is 0 Å². The molecule has 0 bridgehead atoms. The number of pyridine rings is 1. The monoisotopic (exact) mass is 434 g/mol. The Morgan fingerprint density at radius 1 is 1.00 bits per heavy atom. The van der Waals surface area contributed by atoms with Crippen molar-refractivity contribution in [2.75, 3.05) is 0 Å². The normalized spacial score (nSPS) is 15.5. The van der Waals surface area contributed by atoms with E-state index in [0.29, 0.717) is 28.0 Å². The molecule has 5 nitrogen and oxygen atoms in total. The molecule has 7 heteroatoms. The summed E-state index contributed by atoms with van der Waals surface area (Å²) < 4.78 is 0. The molecule has 1 aliphatic rings. The Morgan fingerprint density at radius 3 is 2.53 bits per heavy atom. The SMILES string of the molecule is O=C1c2[nH]nc(-c3ccc(Cl)cc3)c2C(c2ccccc2Cl)N1Cc1cccnc1. The maximum atomic E-state index is 13.4. The second-order valence-electron chi connectivity index (χ2n) is 7.09. The molecular weight excluding hydrogens is 419 g/mol. The first-order chi connectivity index (χ1) is 14.6. The van der Waals surface area contributed by atoms with Gasteiger partial charge in [0.05, 0.1) is 11.7 Å². The molecule has 4 aromatic rings. The minimum absolute atomic E-state index is 0.119. The molecule has 2 aromatic heterocycles. The van der Waals surface area contributed by atoms with Crippen LogP contribution in [0.1, 0.15) is 33.2 Å². The zero-order chi connectivity index (χ0) is 20.7. The highest BCUT2D eigenvalue weighted by molar-refractivity contribution is 6.31. The van der Waals surface area contributed by atoms with Gasteiger partial charge in [0.1, 0.15) is 5.69 Å². The molecule has 148 valence electrons. The summed E-state index contributed by atoms with van der Waals surface area (Å²) in [5.41, 5.74) is 4.69. The largest absolute Gasteiger partial charge is 0.322 e. The maximum absolute atomic E-state index is 13.4. The fourth-order valence-corrected chi connectivity index (χ4v) is 4.26. The van der Waals surface area contributed by atoms with Crippen LogP contribution >= 0.6 is 23.2 Å². The molecule has 1 amide bonds. The van der Waals surface area contributed by atoms with E-state index in [0.717, 1.165) is 22.3 Å². The molecule has 2 aromatic carbocycles. The van der Waals surface area contributed by atoms with E-state index in [2.05, 4.69) is 15.2 Å². The highest BCUT2D eigenvalue weighted by atomic mass is 35.5. The van der Waals surface area contributed by atoms with Crippen molar-refractivity contribution in [1.82, 2.24) is 20.1 Å². The predicted molar refractivity (Wildman–Crippen MR) is 116 cm³/mol. The van der Waals surface area contributed by atoms with Gasteiger partial charge in [0, 0.05) is 40.1 Å². The predicted octanol–water partition coefficient (Wildman–Crippen LogP) is 5.52. The number of aromatic amines is 1. The number of rotatable bonds is 4. The molecule has 5 rings (SSSR count). The first kappa shape index (κ1) is 18.9. The number of fused-ring (bicyclic) bond motifs is 1. The van der Waals surface area contributed by atoms with Crippen LogP contribution in [0, 0.1) is 0 Å². The Kier molecular flexibility index (Phi) is 4.77. The topological polar surface area (TPSA) is 61.9 Å². The van der Waals surface area contributed by atoms with E-state index in [1.165, 1.54) is 0 Å². The lowest BCUT2D eigenvalue weighted by atomic mass is 9.96. The maximum Gasteiger partial charge on any atom is 0.273 e. The van der Waals surface area contributed by atoms with Crippen LogP contribution in [-0.2, 0) is 6.54 Å². The first-order valence-electron chi connectivity index (χ1n) is 9.42. The molecule has 1 unspecified atom stereocenters. The van der Waals surface area contributed by atoms with Crippen molar-refractivity contribution in [2.24, 2.45) is 0 Å². The number of amides is 1. The number of halogens is 2. The van der Waals surface area contributed by atoms with Gasteiger partial charge in [0.2, 0.25) is 0 Å². The van der Waals surface area contributed by atoms with Gasteiger partial charge in [-0.05, 0) is 35.4 Å². The average molecular weight is 435 g/mol. The van der Waals surface area contributed by atoms with Crippen LogP contribution in [0.4, 0.5) is 0 Å². The molecule has 3 heterocycles. The Bertz CT molecular complexity index is 1220. The van der Waals surface area contributed by atoms with E-state index < -0.39 is 0 Å². The van der Waals surface area contributed by atoms with Gasteiger partial charge in [-0.2, -0.15) is 5.10 Å². The number of hydrogen-bond acceptors (Lipinski definition) is 3. The molecule has 1 aliphatic heterocycles. The summed E-state index contributed by atoms with van der Waals surface area (Å²) in [4.78, 5) is 19.4. The molecular formula is C23H16Cl2N4O. The number of nitrogens with zero attached hydrogens (tertiary/aromatic N) is 3. The average Bonchev–Trinajstić information content (AvgIpc) is 3.30. The molecule has 0 saturated carbocycles. The number of aromatic nitrogens is 3. The van der Waals surface area contributed by atoms with Crippen molar-refractivity contribution in [3.8, 4) is 11.3 Å². The van der Waals surface area contributed by atoms with Gasteiger partial charge in [0.15, 0.2) is 0 Å². The third-order valence-electron chi connectivity index (χ3n) is 5.26. The smallest absolute Gasteiger partial charge is 0.273 e. The minimum atomic E-state index is -0.370. The number of H-pyrrole nitrogens is 1. The molecule has 30 heavy (non-hydrogen) atoms. The molecule has 0 spiro atoms. The lowest BCUT2D eigenvalue weighted by molar-refractivity contribution is 0.0730. The van der Waals surface area contributed by atoms with Crippen molar-refractivity contribution in [2.45, 2.75) is 12.6 Å².